The lowest BCUT2D eigenvalue weighted by Gasteiger charge is -2.56. The van der Waals surface area contributed by atoms with E-state index in [0.29, 0.717) is 80.2 Å². The van der Waals surface area contributed by atoms with Crippen LogP contribution in [0.1, 0.15) is 162 Å². The van der Waals surface area contributed by atoms with Gasteiger partial charge < -0.3 is 51.2 Å². The maximum atomic E-state index is 15.6. The van der Waals surface area contributed by atoms with E-state index in [4.69, 9.17) is 9.47 Å². The van der Waals surface area contributed by atoms with Crippen molar-refractivity contribution in [3.8, 4) is 28.7 Å². The molecule has 12 heteroatoms. The molecule has 6 aliphatic heterocycles. The molecule has 4 aromatic carbocycles. The van der Waals surface area contributed by atoms with Crippen LogP contribution in [0.15, 0.2) is 131 Å². The Balaban J connectivity index is 0.962. The number of aliphatic hydroxyl groups excluding tert-OH is 1. The summed E-state index contributed by atoms with van der Waals surface area (Å²) >= 11 is 0. The molecule has 13 unspecified atom stereocenters. The highest BCUT2D eigenvalue weighted by atomic mass is 16.6. The molecule has 4 aromatic rings. The van der Waals surface area contributed by atoms with Gasteiger partial charge in [-0.25, -0.2) is 9.59 Å². The van der Waals surface area contributed by atoms with Crippen LogP contribution in [0.4, 0.5) is 0 Å². The number of carbonyl (C=O) groups excluding carboxylic acids is 2. The topological polar surface area (TPSA) is 182 Å². The van der Waals surface area contributed by atoms with E-state index in [1.807, 2.05) is 32.2 Å². The van der Waals surface area contributed by atoms with Gasteiger partial charge >= 0.3 is 11.9 Å². The summed E-state index contributed by atoms with van der Waals surface area (Å²) in [5.74, 6) is 7.80. The molecule has 2 saturated heterocycles. The summed E-state index contributed by atoms with van der Waals surface area (Å²) in [5, 5.41) is 62.4. The fourth-order valence-corrected chi connectivity index (χ4v) is 19.6. The molecule has 0 amide bonds. The number of aromatic hydroxyl groups is 1. The van der Waals surface area contributed by atoms with Crippen LogP contribution in [0.2, 0.25) is 0 Å². The quantitative estimate of drug-likeness (QED) is 0.0557. The van der Waals surface area contributed by atoms with E-state index in [9.17, 15) is 20.4 Å². The van der Waals surface area contributed by atoms with Gasteiger partial charge in [-0.1, -0.05) is 104 Å². The van der Waals surface area contributed by atoms with Gasteiger partial charge in [-0.3, -0.25) is 0 Å². The molecule has 8 N–H and O–H groups in total. The monoisotopic (exact) mass is 1210 g/mol. The van der Waals surface area contributed by atoms with Crippen molar-refractivity contribution in [3.05, 3.63) is 165 Å². The first-order valence-electron chi connectivity index (χ1n) is 34.5. The van der Waals surface area contributed by atoms with Crippen LogP contribution in [-0.2, 0) is 44.9 Å². The number of benzene rings is 4. The van der Waals surface area contributed by atoms with Crippen molar-refractivity contribution in [2.75, 3.05) is 33.3 Å². The Hall–Kier alpha value is -6.14. The van der Waals surface area contributed by atoms with Crippen LogP contribution in [0.25, 0.3) is 16.7 Å². The number of β-amino-alcohol motifs (C(OH)–C–C–N with tert-alkyl or cyclic N) is 1. The van der Waals surface area contributed by atoms with E-state index < -0.39 is 16.6 Å². The summed E-state index contributed by atoms with van der Waals surface area (Å²) in [4.78, 5) is 31.0. The fraction of sp³-hybridized carbons (Fsp3) is 0.538. The number of piperidine rings is 1. The van der Waals surface area contributed by atoms with E-state index in [1.165, 1.54) is 22.3 Å². The number of ether oxygens (including phenoxy) is 2. The smallest absolute Gasteiger partial charge is 0.340 e. The second kappa shape index (κ2) is 25.1. The molecular weight excluding hydrogens is 1120 g/mol. The largest absolute Gasteiger partial charge is 0.508 e. The minimum atomic E-state index is -1.14. The van der Waals surface area contributed by atoms with Gasteiger partial charge in [0.25, 0.3) is 0 Å². The molecule has 16 rings (SSSR count). The van der Waals surface area contributed by atoms with Crippen molar-refractivity contribution < 1.29 is 39.5 Å². The lowest BCUT2D eigenvalue weighted by molar-refractivity contribution is -0.135. The van der Waals surface area contributed by atoms with E-state index in [1.54, 1.807) is 6.07 Å². The van der Waals surface area contributed by atoms with Crippen molar-refractivity contribution in [3.63, 3.8) is 0 Å². The highest BCUT2D eigenvalue weighted by Gasteiger charge is 2.69. The summed E-state index contributed by atoms with van der Waals surface area (Å²) in [6.45, 7) is 6.74. The number of carbonyl (C=O) groups is 2. The lowest BCUT2D eigenvalue weighted by atomic mass is 9.44. The number of hydrogen-bond donors (Lipinski definition) is 8. The first-order valence-corrected chi connectivity index (χ1v) is 34.5. The number of esters is 2. The molecular formula is C78H94N4O8. The molecule has 6 heterocycles. The second-order valence-corrected chi connectivity index (χ2v) is 29.3. The van der Waals surface area contributed by atoms with Crippen LogP contribution in [0.5, 0.6) is 5.75 Å². The van der Waals surface area contributed by atoms with Crippen LogP contribution >= 0.6 is 0 Å². The van der Waals surface area contributed by atoms with Gasteiger partial charge in [0, 0.05) is 55.1 Å². The van der Waals surface area contributed by atoms with Crippen LogP contribution < -0.4 is 21.3 Å². The Morgan fingerprint density at radius 1 is 0.833 bits per heavy atom. The molecule has 13 atom stereocenters. The maximum Gasteiger partial charge on any atom is 0.340 e. The molecule has 90 heavy (non-hydrogen) atoms. The average molecular weight is 1220 g/mol. The summed E-state index contributed by atoms with van der Waals surface area (Å²) in [6, 6.07) is 31.6. The van der Waals surface area contributed by atoms with E-state index in [2.05, 4.69) is 119 Å². The predicted octanol–water partition coefficient (Wildman–Crippen LogP) is 12.0. The van der Waals surface area contributed by atoms with Crippen LogP contribution in [-0.4, -0.2) is 83.0 Å². The highest BCUT2D eigenvalue weighted by molar-refractivity contribution is 6.07. The van der Waals surface area contributed by atoms with Gasteiger partial charge in [0.2, 0.25) is 0 Å². The SMILES string of the molecule is CCC(C=C1OC(=O)C2=C3c4cc(O)ccc4-c4cccc(c4)CNCCc4ccc(CCCO)c(c4)C4NCC(C)(O)CC#CC(C5(O)CCCC5)CC5CC(C6CCNC(NC)C6)(CC=C6OC(=O)C7=C6CCC6C3CCC12C76)CC54)Cc1ccccc1. The number of fused-ring (bicyclic) bond motifs is 5. The zero-order valence-electron chi connectivity index (χ0n) is 53.2. The predicted molar refractivity (Wildman–Crippen MR) is 351 cm³/mol. The molecule has 12 nitrogen and oxygen atoms in total. The number of aliphatic hydroxyl groups is 3. The number of nitrogens with one attached hydrogen (secondary N) is 4. The molecule has 1 spiro atoms. The summed E-state index contributed by atoms with van der Waals surface area (Å²) in [7, 11) is 2.05. The van der Waals surface area contributed by atoms with Crippen LogP contribution in [0.3, 0.4) is 0 Å². The van der Waals surface area contributed by atoms with Gasteiger partial charge in [0.05, 0.1) is 28.4 Å². The Bertz CT molecular complexity index is 3600. The number of aryl methyl sites for hydroxylation is 1. The molecule has 5 fully saturated rings. The zero-order chi connectivity index (χ0) is 61.9. The maximum absolute atomic E-state index is 15.6. The second-order valence-electron chi connectivity index (χ2n) is 29.3. The van der Waals surface area contributed by atoms with Crippen molar-refractivity contribution in [2.24, 2.45) is 58.2 Å². The van der Waals surface area contributed by atoms with Gasteiger partial charge in [0.1, 0.15) is 17.3 Å². The Morgan fingerprint density at radius 3 is 2.51 bits per heavy atom. The third-order valence-electron chi connectivity index (χ3n) is 24.0. The summed E-state index contributed by atoms with van der Waals surface area (Å²) < 4.78 is 13.6. The molecule has 12 aliphatic rings. The number of allylic oxidation sites excluding steroid dienone is 5. The van der Waals surface area contributed by atoms with E-state index in [0.717, 1.165) is 136 Å². The van der Waals surface area contributed by atoms with Crippen LogP contribution in [0, 0.1) is 70.0 Å². The molecule has 0 radical (unpaired) electrons. The minimum Gasteiger partial charge on any atom is -0.508 e. The number of phenols is 1. The molecule has 14 bridgehead atoms. The number of phenolic OH excluding ortho intramolecular Hbond substituents is 1. The summed E-state index contributed by atoms with van der Waals surface area (Å²) in [5.41, 5.74) is 8.77. The lowest BCUT2D eigenvalue weighted by Crippen LogP contribution is -2.52. The van der Waals surface area contributed by atoms with Crippen molar-refractivity contribution in [1.29, 1.82) is 0 Å². The third kappa shape index (κ3) is 11.3. The molecule has 474 valence electrons. The standard InChI is InChI=1S/C78H94N4O8/c1-4-48(37-49-13-6-5-7-14-49)40-66-78-33-25-59-60-23-24-61-65(89-73(85)69(61)70(60)78)26-32-76(55-28-35-81-67(42-55)79-3)44-54-41-56(77(88)30-8-9-31-77)18-11-29-75(2,87)47-82-72(64(54)45-76)62-39-50(19-20-52(62)17-12-36-83)27-34-80-46-51-15-10-16-53(38-51)58-22-21-57(84)43-63(58)68(59)71(78)74(86)90-66/h5-7,10,13-16,19-22,26,38-40,43,48,54-56,59-60,64,67,70,72,79-84,87-88H,4,8-9,12,17,23-25,27-37,41-42,44-47H2,1-3H3. The number of cyclic esters (lactones) is 1. The number of rotatable bonds is 10. The first-order chi connectivity index (χ1) is 43.7. The highest BCUT2D eigenvalue weighted by Crippen LogP contribution is 2.72. The minimum absolute atomic E-state index is 0.00528. The first kappa shape index (κ1) is 61.4. The van der Waals surface area contributed by atoms with Crippen molar-refractivity contribution in [1.82, 2.24) is 21.3 Å². The number of hydrogen-bond acceptors (Lipinski definition) is 12. The van der Waals surface area contributed by atoms with Gasteiger partial charge in [0.15, 0.2) is 0 Å². The van der Waals surface area contributed by atoms with Gasteiger partial charge in [-0.15, -0.1) is 0 Å². The fourth-order valence-electron chi connectivity index (χ4n) is 19.6. The van der Waals surface area contributed by atoms with Gasteiger partial charge in [-0.2, -0.15) is 0 Å². The summed E-state index contributed by atoms with van der Waals surface area (Å²) in [6.07, 6.45) is 20.1. The Morgan fingerprint density at radius 2 is 1.69 bits per heavy atom. The Labute approximate surface area is 532 Å². The average Bonchev–Trinajstić information content (AvgIpc) is 1.35. The van der Waals surface area contributed by atoms with Gasteiger partial charge in [-0.05, 0) is 258 Å². The van der Waals surface area contributed by atoms with Crippen molar-refractivity contribution in [2.45, 2.75) is 172 Å². The zero-order valence-corrected chi connectivity index (χ0v) is 53.2. The molecule has 3 saturated carbocycles. The van der Waals surface area contributed by atoms with Crippen molar-refractivity contribution >= 4 is 17.5 Å². The van der Waals surface area contributed by atoms with E-state index in [-0.39, 0.29) is 83.3 Å². The third-order valence-corrected chi connectivity index (χ3v) is 24.0. The normalized spacial score (nSPS) is 33.7. The Kier molecular flexibility index (Phi) is 17.1. The molecule has 6 aliphatic carbocycles. The van der Waals surface area contributed by atoms with E-state index >= 15 is 9.59 Å². The molecule has 0 aromatic heterocycles.